The summed E-state index contributed by atoms with van der Waals surface area (Å²) >= 11 is 0. The van der Waals surface area contributed by atoms with Crippen LogP contribution in [0.1, 0.15) is 59.3 Å². The van der Waals surface area contributed by atoms with Crippen molar-refractivity contribution in [3.8, 4) is 0 Å². The van der Waals surface area contributed by atoms with Gasteiger partial charge >= 0.3 is 0 Å². The number of Topliss-reactive ketones (excluding diaryl/α,β-unsaturated/α-hetero) is 1. The Balaban J connectivity index is 1.75. The second-order valence-electron chi connectivity index (χ2n) is 8.82. The SMILES string of the molecule is CC(=O)[C@@]1(O)CCC2C3C=C(C)C4=CC(=O)CCC4C3CC[C@@]21C. The van der Waals surface area contributed by atoms with E-state index in [9.17, 15) is 14.7 Å². The van der Waals surface area contributed by atoms with E-state index in [-0.39, 0.29) is 17.0 Å². The highest BCUT2D eigenvalue weighted by molar-refractivity contribution is 5.92. The fourth-order valence-electron chi connectivity index (χ4n) is 6.57. The van der Waals surface area contributed by atoms with Gasteiger partial charge in [0.25, 0.3) is 0 Å². The first-order valence-electron chi connectivity index (χ1n) is 9.44. The number of aliphatic hydroxyl groups is 1. The third-order valence-corrected chi connectivity index (χ3v) is 7.95. The maximum Gasteiger partial charge on any atom is 0.161 e. The Morgan fingerprint density at radius 2 is 2.00 bits per heavy atom. The van der Waals surface area contributed by atoms with Crippen LogP contribution in [0.4, 0.5) is 0 Å². The van der Waals surface area contributed by atoms with Crippen molar-refractivity contribution in [2.75, 3.05) is 0 Å². The van der Waals surface area contributed by atoms with E-state index in [2.05, 4.69) is 19.9 Å². The third kappa shape index (κ3) is 1.94. The molecule has 4 aliphatic carbocycles. The van der Waals surface area contributed by atoms with Crippen LogP contribution in [0, 0.1) is 29.1 Å². The molecule has 3 heteroatoms. The van der Waals surface area contributed by atoms with Crippen LogP contribution in [0.25, 0.3) is 0 Å². The van der Waals surface area contributed by atoms with Crippen molar-refractivity contribution in [3.05, 3.63) is 23.3 Å². The minimum absolute atomic E-state index is 0.0636. The molecule has 0 amide bonds. The largest absolute Gasteiger partial charge is 0.382 e. The smallest absolute Gasteiger partial charge is 0.161 e. The molecule has 0 aromatic rings. The Morgan fingerprint density at radius 1 is 1.25 bits per heavy atom. The van der Waals surface area contributed by atoms with Gasteiger partial charge in [0.05, 0.1) is 0 Å². The van der Waals surface area contributed by atoms with Gasteiger partial charge < -0.3 is 5.11 Å². The number of carbonyl (C=O) groups is 2. The van der Waals surface area contributed by atoms with E-state index < -0.39 is 5.60 Å². The zero-order valence-corrected chi connectivity index (χ0v) is 15.0. The Bertz CT molecular complexity index is 673. The van der Waals surface area contributed by atoms with Crippen molar-refractivity contribution < 1.29 is 14.7 Å². The maximum absolute atomic E-state index is 12.2. The van der Waals surface area contributed by atoms with Crippen LogP contribution in [0.2, 0.25) is 0 Å². The molecule has 0 aromatic heterocycles. The van der Waals surface area contributed by atoms with Gasteiger partial charge in [-0.05, 0) is 81.3 Å². The lowest BCUT2D eigenvalue weighted by Gasteiger charge is -2.54. The second kappa shape index (κ2) is 5.14. The summed E-state index contributed by atoms with van der Waals surface area (Å²) in [6.07, 6.45) is 9.38. The quantitative estimate of drug-likeness (QED) is 0.800. The van der Waals surface area contributed by atoms with Gasteiger partial charge in [0, 0.05) is 11.8 Å². The highest BCUT2D eigenvalue weighted by Crippen LogP contribution is 2.64. The van der Waals surface area contributed by atoms with E-state index in [1.54, 1.807) is 6.92 Å². The summed E-state index contributed by atoms with van der Waals surface area (Å²) in [5.74, 6) is 2.08. The Labute approximate surface area is 144 Å². The zero-order valence-electron chi connectivity index (χ0n) is 15.0. The first-order chi connectivity index (χ1) is 11.3. The summed E-state index contributed by atoms with van der Waals surface area (Å²) in [6.45, 7) is 5.82. The van der Waals surface area contributed by atoms with E-state index in [0.717, 1.165) is 25.7 Å². The van der Waals surface area contributed by atoms with E-state index in [0.29, 0.717) is 36.5 Å². The standard InChI is InChI=1S/C21H28O3/c1-12-10-18-16(15-5-4-14(23)11-17(12)15)6-8-20(3)19(18)7-9-21(20,24)13(2)22/h10-11,15-16,18-19,24H,4-9H2,1-3H3/t15?,16?,18?,19?,20-,21-/m0/s1. The zero-order chi connectivity index (χ0) is 17.3. The minimum Gasteiger partial charge on any atom is -0.382 e. The van der Waals surface area contributed by atoms with Crippen LogP contribution in [-0.4, -0.2) is 22.3 Å². The molecule has 24 heavy (non-hydrogen) atoms. The molecule has 0 saturated heterocycles. The van der Waals surface area contributed by atoms with Gasteiger partial charge in [0.1, 0.15) is 5.60 Å². The number of allylic oxidation sites excluding steroid dienone is 4. The molecule has 4 rings (SSSR count). The molecule has 0 spiro atoms. The first kappa shape index (κ1) is 16.3. The van der Waals surface area contributed by atoms with Gasteiger partial charge in [-0.2, -0.15) is 0 Å². The molecule has 0 heterocycles. The summed E-state index contributed by atoms with van der Waals surface area (Å²) < 4.78 is 0. The monoisotopic (exact) mass is 328 g/mol. The topological polar surface area (TPSA) is 54.4 Å². The van der Waals surface area contributed by atoms with Crippen LogP contribution >= 0.6 is 0 Å². The van der Waals surface area contributed by atoms with Crippen LogP contribution in [0.3, 0.4) is 0 Å². The van der Waals surface area contributed by atoms with Crippen LogP contribution in [-0.2, 0) is 9.59 Å². The van der Waals surface area contributed by atoms with Gasteiger partial charge in [-0.25, -0.2) is 0 Å². The molecule has 4 aliphatic rings. The van der Waals surface area contributed by atoms with Crippen molar-refractivity contribution in [2.45, 2.75) is 64.9 Å². The maximum atomic E-state index is 12.2. The summed E-state index contributed by atoms with van der Waals surface area (Å²) in [7, 11) is 0. The predicted molar refractivity (Wildman–Crippen MR) is 92.2 cm³/mol. The average Bonchev–Trinajstić information content (AvgIpc) is 2.81. The molecule has 1 N–H and O–H groups in total. The second-order valence-corrected chi connectivity index (χ2v) is 8.82. The van der Waals surface area contributed by atoms with E-state index in [1.807, 2.05) is 6.08 Å². The molecule has 2 fully saturated rings. The van der Waals surface area contributed by atoms with E-state index in [1.165, 1.54) is 11.1 Å². The number of ketones is 2. The van der Waals surface area contributed by atoms with Crippen LogP contribution < -0.4 is 0 Å². The molecular formula is C21H28O3. The normalized spacial score (nSPS) is 47.2. The van der Waals surface area contributed by atoms with Crippen molar-refractivity contribution in [3.63, 3.8) is 0 Å². The molecule has 0 aromatic carbocycles. The Hall–Kier alpha value is -1.22. The molecule has 0 bridgehead atoms. The van der Waals surface area contributed by atoms with Crippen molar-refractivity contribution >= 4 is 11.6 Å². The molecule has 4 unspecified atom stereocenters. The third-order valence-electron chi connectivity index (χ3n) is 7.95. The van der Waals surface area contributed by atoms with Gasteiger partial charge in [0.15, 0.2) is 11.6 Å². The molecule has 130 valence electrons. The molecule has 3 nitrogen and oxygen atoms in total. The van der Waals surface area contributed by atoms with Crippen molar-refractivity contribution in [1.82, 2.24) is 0 Å². The summed E-state index contributed by atoms with van der Waals surface area (Å²) in [6, 6.07) is 0. The molecule has 0 aliphatic heterocycles. The van der Waals surface area contributed by atoms with Crippen molar-refractivity contribution in [2.24, 2.45) is 29.1 Å². The minimum atomic E-state index is -1.15. The molecule has 0 radical (unpaired) electrons. The van der Waals surface area contributed by atoms with Crippen LogP contribution in [0.5, 0.6) is 0 Å². The van der Waals surface area contributed by atoms with Crippen LogP contribution in [0.15, 0.2) is 23.3 Å². The van der Waals surface area contributed by atoms with Gasteiger partial charge in [-0.3, -0.25) is 9.59 Å². The lowest BCUT2D eigenvalue weighted by molar-refractivity contribution is -0.155. The number of carbonyl (C=O) groups excluding carboxylic acids is 2. The molecule has 6 atom stereocenters. The number of hydrogen-bond acceptors (Lipinski definition) is 3. The summed E-state index contributed by atoms with van der Waals surface area (Å²) in [5, 5.41) is 11.1. The number of fused-ring (bicyclic) bond motifs is 5. The molecule has 2 saturated carbocycles. The lowest BCUT2D eigenvalue weighted by Crippen LogP contribution is -2.55. The summed E-state index contributed by atoms with van der Waals surface area (Å²) in [5.41, 5.74) is 1.05. The first-order valence-corrected chi connectivity index (χ1v) is 9.44. The van der Waals surface area contributed by atoms with E-state index in [4.69, 9.17) is 0 Å². The highest BCUT2D eigenvalue weighted by atomic mass is 16.3. The highest BCUT2D eigenvalue weighted by Gasteiger charge is 2.63. The van der Waals surface area contributed by atoms with E-state index >= 15 is 0 Å². The molecular weight excluding hydrogens is 300 g/mol. The Kier molecular flexibility index (Phi) is 3.48. The average molecular weight is 328 g/mol. The summed E-state index contributed by atoms with van der Waals surface area (Å²) in [4.78, 5) is 24.0. The fraction of sp³-hybridized carbons (Fsp3) is 0.714. The van der Waals surface area contributed by atoms with Gasteiger partial charge in [0.2, 0.25) is 0 Å². The fourth-order valence-corrected chi connectivity index (χ4v) is 6.57. The van der Waals surface area contributed by atoms with Crippen molar-refractivity contribution in [1.29, 1.82) is 0 Å². The Morgan fingerprint density at radius 3 is 2.71 bits per heavy atom. The number of hydrogen-bond donors (Lipinski definition) is 1. The van der Waals surface area contributed by atoms with Gasteiger partial charge in [-0.15, -0.1) is 0 Å². The van der Waals surface area contributed by atoms with Gasteiger partial charge in [-0.1, -0.05) is 18.6 Å². The lowest BCUT2D eigenvalue weighted by atomic mass is 9.51. The number of rotatable bonds is 1. The predicted octanol–water partition coefficient (Wildman–Crippen LogP) is 3.61.